The average Bonchev–Trinajstić information content (AvgIpc) is 2.92. The number of hydrogen-bond acceptors (Lipinski definition) is 3. The van der Waals surface area contributed by atoms with E-state index in [-0.39, 0.29) is 16.6 Å². The molecule has 1 heterocycles. The van der Waals surface area contributed by atoms with Crippen LogP contribution in [0.5, 0.6) is 0 Å². The maximum atomic E-state index is 15.4. The summed E-state index contributed by atoms with van der Waals surface area (Å²) in [7, 11) is -2.97. The molecule has 184 valence electrons. The zero-order chi connectivity index (χ0) is 25.8. The van der Waals surface area contributed by atoms with Crippen molar-refractivity contribution in [2.24, 2.45) is 0 Å². The molecule has 0 unspecified atom stereocenters. The average molecular weight is 486 g/mol. The number of anilines is 1. The van der Waals surface area contributed by atoms with Gasteiger partial charge in [-0.05, 0) is 68.0 Å². The Kier molecular flexibility index (Phi) is 7.05. The monoisotopic (exact) mass is 485 g/mol. The van der Waals surface area contributed by atoms with Crippen LogP contribution in [0.2, 0.25) is 16.6 Å². The van der Waals surface area contributed by atoms with E-state index in [0.717, 1.165) is 0 Å². The summed E-state index contributed by atoms with van der Waals surface area (Å²) in [6.07, 6.45) is 0. The van der Waals surface area contributed by atoms with Crippen LogP contribution in [-0.4, -0.2) is 26.4 Å². The molecule has 1 aliphatic rings. The summed E-state index contributed by atoms with van der Waals surface area (Å²) in [4.78, 5) is 0. The van der Waals surface area contributed by atoms with Crippen LogP contribution in [0.4, 0.5) is 14.5 Å². The zero-order valence-corrected chi connectivity index (χ0v) is 23.2. The molecule has 3 nitrogen and oxygen atoms in total. The molecule has 0 radical (unpaired) electrons. The molecule has 1 aliphatic heterocycles. The van der Waals surface area contributed by atoms with Crippen molar-refractivity contribution in [2.75, 3.05) is 5.73 Å². The smallest absolute Gasteiger partial charge is 0.399 e. The third kappa shape index (κ3) is 4.19. The van der Waals surface area contributed by atoms with Gasteiger partial charge in [0.05, 0.1) is 22.5 Å². The molecule has 3 rings (SSSR count). The van der Waals surface area contributed by atoms with E-state index < -0.39 is 38.0 Å². The Hall–Kier alpha value is -1.88. The van der Waals surface area contributed by atoms with Gasteiger partial charge in [-0.2, -0.15) is 0 Å². The van der Waals surface area contributed by atoms with Crippen LogP contribution >= 0.6 is 0 Å². The summed E-state index contributed by atoms with van der Waals surface area (Å²) in [5.74, 6) is 2.14. The molecule has 2 aromatic rings. The van der Waals surface area contributed by atoms with Crippen molar-refractivity contribution in [3.8, 4) is 11.5 Å². The lowest BCUT2D eigenvalue weighted by Gasteiger charge is -2.38. The third-order valence-corrected chi connectivity index (χ3v) is 14.3. The lowest BCUT2D eigenvalue weighted by Crippen LogP contribution is -2.43. The van der Waals surface area contributed by atoms with E-state index in [1.807, 2.05) is 27.7 Å². The maximum absolute atomic E-state index is 15.4. The van der Waals surface area contributed by atoms with Gasteiger partial charge in [0.2, 0.25) is 0 Å². The van der Waals surface area contributed by atoms with Gasteiger partial charge in [-0.15, -0.1) is 5.54 Å². The van der Waals surface area contributed by atoms with Crippen molar-refractivity contribution in [2.45, 2.75) is 97.1 Å². The second kappa shape index (κ2) is 8.97. The van der Waals surface area contributed by atoms with Crippen LogP contribution < -0.4 is 11.2 Å². The highest BCUT2D eigenvalue weighted by atomic mass is 28.3. The molecule has 2 N–H and O–H groups in total. The molecule has 0 aromatic heterocycles. The Bertz CT molecular complexity index is 1130. The van der Waals surface area contributed by atoms with Crippen molar-refractivity contribution >= 4 is 37.1 Å². The topological polar surface area (TPSA) is 44.5 Å². The molecule has 0 atom stereocenters. The van der Waals surface area contributed by atoms with Crippen molar-refractivity contribution in [1.82, 2.24) is 0 Å². The van der Waals surface area contributed by atoms with E-state index in [1.54, 1.807) is 0 Å². The molecular weight excluding hydrogens is 447 g/mol. The predicted molar refractivity (Wildman–Crippen MR) is 142 cm³/mol. The fourth-order valence-corrected chi connectivity index (χ4v) is 10.6. The fraction of sp³-hybridized carbons (Fsp3) is 0.556. The predicted octanol–water partition coefficient (Wildman–Crippen LogP) is 6.57. The van der Waals surface area contributed by atoms with Crippen LogP contribution in [0, 0.1) is 23.1 Å². The van der Waals surface area contributed by atoms with Gasteiger partial charge in [0.25, 0.3) is 0 Å². The van der Waals surface area contributed by atoms with E-state index in [0.29, 0.717) is 27.5 Å². The SMILES string of the molecule is CC(C)[Si](C#Cc1c(F)ccc2c(F)c(N)cc(B3OC(C)(C)C(C)(C)O3)c12)(C(C)C)C(C)C. The number of nitrogens with two attached hydrogens (primary N) is 1. The first kappa shape index (κ1) is 26.7. The Morgan fingerprint density at radius 1 is 0.912 bits per heavy atom. The highest BCUT2D eigenvalue weighted by molar-refractivity contribution is 6.90. The summed E-state index contributed by atoms with van der Waals surface area (Å²) in [6, 6.07) is 4.20. The highest BCUT2D eigenvalue weighted by Gasteiger charge is 2.52. The molecule has 0 bridgehead atoms. The lowest BCUT2D eigenvalue weighted by atomic mass is 9.74. The number of fused-ring (bicyclic) bond motifs is 1. The minimum atomic E-state index is -2.15. The standard InChI is InChI=1S/C27H38BF2NO2Si/c1-16(2)34(17(3)4,18(5)6)14-13-19-22(29)12-11-20-24(19)21(15-23(31)25(20)30)28-32-26(7,8)27(9,10)33-28/h11-12,15-18H,31H2,1-10H3. The Morgan fingerprint density at radius 3 is 1.88 bits per heavy atom. The second-order valence-electron chi connectivity index (χ2n) is 11.4. The van der Waals surface area contributed by atoms with Crippen LogP contribution in [0.15, 0.2) is 18.2 Å². The van der Waals surface area contributed by atoms with Gasteiger partial charge in [-0.3, -0.25) is 0 Å². The first-order valence-electron chi connectivity index (χ1n) is 12.2. The zero-order valence-electron chi connectivity index (χ0n) is 22.2. The fourth-order valence-electron chi connectivity index (χ4n) is 5.40. The molecule has 1 fully saturated rings. The lowest BCUT2D eigenvalue weighted by molar-refractivity contribution is 0.00578. The normalized spacial score (nSPS) is 17.7. The number of hydrogen-bond donors (Lipinski definition) is 1. The first-order chi connectivity index (χ1) is 15.6. The largest absolute Gasteiger partial charge is 0.495 e. The summed E-state index contributed by atoms with van der Waals surface area (Å²) < 4.78 is 43.0. The van der Waals surface area contributed by atoms with E-state index in [2.05, 4.69) is 53.0 Å². The summed E-state index contributed by atoms with van der Waals surface area (Å²) in [6.45, 7) is 21.0. The molecule has 0 amide bonds. The van der Waals surface area contributed by atoms with Gasteiger partial charge in [-0.25, -0.2) is 8.78 Å². The Labute approximate surface area is 204 Å². The number of benzene rings is 2. The third-order valence-electron chi connectivity index (χ3n) is 8.02. The number of halogens is 2. The van der Waals surface area contributed by atoms with Crippen molar-refractivity contribution in [1.29, 1.82) is 0 Å². The van der Waals surface area contributed by atoms with Gasteiger partial charge in [-0.1, -0.05) is 47.5 Å². The molecule has 7 heteroatoms. The quantitative estimate of drug-likeness (QED) is 0.303. The number of nitrogen functional groups attached to an aromatic ring is 1. The van der Waals surface area contributed by atoms with Crippen molar-refractivity contribution in [3.05, 3.63) is 35.4 Å². The summed E-state index contributed by atoms with van der Waals surface area (Å²) >= 11 is 0. The van der Waals surface area contributed by atoms with Gasteiger partial charge < -0.3 is 15.0 Å². The van der Waals surface area contributed by atoms with Gasteiger partial charge in [0.15, 0.2) is 5.82 Å². The van der Waals surface area contributed by atoms with E-state index in [9.17, 15) is 0 Å². The van der Waals surface area contributed by atoms with Crippen LogP contribution in [0.1, 0.15) is 74.8 Å². The Balaban J connectivity index is 2.35. The first-order valence-corrected chi connectivity index (χ1v) is 14.4. The van der Waals surface area contributed by atoms with E-state index in [4.69, 9.17) is 15.0 Å². The summed E-state index contributed by atoms with van der Waals surface area (Å²) in [5.41, 5.74) is 10.2. The maximum Gasteiger partial charge on any atom is 0.495 e. The minimum Gasteiger partial charge on any atom is -0.399 e. The van der Waals surface area contributed by atoms with Gasteiger partial charge in [0.1, 0.15) is 13.9 Å². The molecule has 0 saturated carbocycles. The van der Waals surface area contributed by atoms with Crippen LogP contribution in [-0.2, 0) is 9.31 Å². The van der Waals surface area contributed by atoms with E-state index >= 15 is 8.78 Å². The van der Waals surface area contributed by atoms with Gasteiger partial charge in [0, 0.05) is 10.8 Å². The molecular formula is C27H38BF2NO2Si. The van der Waals surface area contributed by atoms with Crippen LogP contribution in [0.3, 0.4) is 0 Å². The highest BCUT2D eigenvalue weighted by Crippen LogP contribution is 2.41. The molecule has 34 heavy (non-hydrogen) atoms. The number of rotatable bonds is 4. The molecule has 1 saturated heterocycles. The molecule has 0 spiro atoms. The second-order valence-corrected chi connectivity index (χ2v) is 17.0. The van der Waals surface area contributed by atoms with Crippen LogP contribution in [0.25, 0.3) is 10.8 Å². The summed E-state index contributed by atoms with van der Waals surface area (Å²) in [5, 5.41) is 0.596. The Morgan fingerprint density at radius 2 is 1.41 bits per heavy atom. The van der Waals surface area contributed by atoms with Crippen molar-refractivity contribution in [3.63, 3.8) is 0 Å². The minimum absolute atomic E-state index is 0.0296. The molecule has 2 aromatic carbocycles. The van der Waals surface area contributed by atoms with Gasteiger partial charge >= 0.3 is 7.12 Å². The van der Waals surface area contributed by atoms with Crippen molar-refractivity contribution < 1.29 is 18.1 Å². The van der Waals surface area contributed by atoms with E-state index in [1.165, 1.54) is 18.2 Å². The molecule has 0 aliphatic carbocycles.